The standard InChI is InChI=1S/C19H15Cl2N3O2/c1-2-7-26-24-17-10-5-3-4-6-14(10)22-18(17)16-11-8-12(20)13(21)9-15(11)23-19(16)25/h3-6,8-9,22H,2,7H2,1H3,(H,23,25)/b18-16-,24-17+. The summed E-state index contributed by atoms with van der Waals surface area (Å²) in [6, 6.07) is 11.0. The van der Waals surface area contributed by atoms with Crippen molar-refractivity contribution in [1.29, 1.82) is 0 Å². The SMILES string of the molecule is CCCO/N=C1/C(=C2/C(=O)Nc3cc(Cl)c(Cl)cc32)Nc2ccccc21. The fraction of sp³-hybridized carbons (Fsp3) is 0.158. The number of amides is 1. The van der Waals surface area contributed by atoms with Crippen LogP contribution in [0.25, 0.3) is 5.57 Å². The van der Waals surface area contributed by atoms with Crippen LogP contribution in [0.15, 0.2) is 47.3 Å². The molecule has 7 heteroatoms. The largest absolute Gasteiger partial charge is 0.395 e. The zero-order chi connectivity index (χ0) is 18.3. The van der Waals surface area contributed by atoms with Gasteiger partial charge in [0, 0.05) is 16.8 Å². The molecule has 2 aliphatic heterocycles. The number of para-hydroxylation sites is 1. The van der Waals surface area contributed by atoms with E-state index in [2.05, 4.69) is 15.8 Å². The second-order valence-corrected chi connectivity index (χ2v) is 6.77. The van der Waals surface area contributed by atoms with Crippen LogP contribution in [0.2, 0.25) is 10.0 Å². The van der Waals surface area contributed by atoms with Gasteiger partial charge in [-0.1, -0.05) is 53.5 Å². The van der Waals surface area contributed by atoms with Gasteiger partial charge in [0.1, 0.15) is 12.3 Å². The molecule has 1 amide bonds. The van der Waals surface area contributed by atoms with Gasteiger partial charge in [-0.15, -0.1) is 0 Å². The van der Waals surface area contributed by atoms with Crippen LogP contribution in [0.3, 0.4) is 0 Å². The zero-order valence-electron chi connectivity index (χ0n) is 13.9. The molecule has 5 nitrogen and oxygen atoms in total. The van der Waals surface area contributed by atoms with Crippen molar-refractivity contribution in [3.8, 4) is 0 Å². The molecular formula is C19H15Cl2N3O2. The highest BCUT2D eigenvalue weighted by molar-refractivity contribution is 6.44. The normalized spacial score (nSPS) is 19.2. The van der Waals surface area contributed by atoms with Crippen LogP contribution in [0.5, 0.6) is 0 Å². The second kappa shape index (κ2) is 6.67. The first-order valence-electron chi connectivity index (χ1n) is 8.22. The summed E-state index contributed by atoms with van der Waals surface area (Å²) in [7, 11) is 0. The number of rotatable bonds is 3. The van der Waals surface area contributed by atoms with Gasteiger partial charge in [0.05, 0.1) is 27.0 Å². The average Bonchev–Trinajstić information content (AvgIpc) is 3.12. The molecule has 0 spiro atoms. The fourth-order valence-corrected chi connectivity index (χ4v) is 3.34. The number of nitrogens with one attached hydrogen (secondary N) is 2. The minimum absolute atomic E-state index is 0.239. The van der Waals surface area contributed by atoms with E-state index in [4.69, 9.17) is 28.0 Å². The highest BCUT2D eigenvalue weighted by Gasteiger charge is 2.34. The molecule has 2 heterocycles. The van der Waals surface area contributed by atoms with Gasteiger partial charge in [-0.2, -0.15) is 0 Å². The lowest BCUT2D eigenvalue weighted by atomic mass is 10.0. The van der Waals surface area contributed by atoms with Crippen LogP contribution >= 0.6 is 23.2 Å². The van der Waals surface area contributed by atoms with Crippen molar-refractivity contribution in [2.75, 3.05) is 17.2 Å². The molecule has 0 radical (unpaired) electrons. The van der Waals surface area contributed by atoms with Gasteiger partial charge in [0.2, 0.25) is 0 Å². The van der Waals surface area contributed by atoms with Gasteiger partial charge >= 0.3 is 0 Å². The number of nitrogens with zero attached hydrogens (tertiary/aromatic N) is 1. The monoisotopic (exact) mass is 387 g/mol. The summed E-state index contributed by atoms with van der Waals surface area (Å²) >= 11 is 12.2. The van der Waals surface area contributed by atoms with Gasteiger partial charge in [-0.3, -0.25) is 4.79 Å². The number of oxime groups is 1. The number of benzene rings is 2. The van der Waals surface area contributed by atoms with E-state index >= 15 is 0 Å². The van der Waals surface area contributed by atoms with E-state index in [0.29, 0.717) is 44.9 Å². The highest BCUT2D eigenvalue weighted by atomic mass is 35.5. The van der Waals surface area contributed by atoms with Crippen LogP contribution in [0.4, 0.5) is 11.4 Å². The lowest BCUT2D eigenvalue weighted by Gasteiger charge is -2.07. The van der Waals surface area contributed by atoms with E-state index in [0.717, 1.165) is 17.7 Å². The second-order valence-electron chi connectivity index (χ2n) is 5.96. The molecule has 0 saturated carbocycles. The Balaban J connectivity index is 1.90. The van der Waals surface area contributed by atoms with E-state index in [-0.39, 0.29) is 5.91 Å². The average molecular weight is 388 g/mol. The van der Waals surface area contributed by atoms with Crippen LogP contribution < -0.4 is 10.6 Å². The first-order chi connectivity index (χ1) is 12.6. The van der Waals surface area contributed by atoms with Crippen molar-refractivity contribution in [1.82, 2.24) is 0 Å². The third-order valence-electron chi connectivity index (χ3n) is 4.18. The Morgan fingerprint density at radius 2 is 1.81 bits per heavy atom. The molecule has 0 atom stereocenters. The maximum atomic E-state index is 12.7. The molecule has 2 N–H and O–H groups in total. The summed E-state index contributed by atoms with van der Waals surface area (Å²) in [6.45, 7) is 2.51. The van der Waals surface area contributed by atoms with Gasteiger partial charge in [-0.25, -0.2) is 0 Å². The number of carbonyl (C=O) groups is 1. The summed E-state index contributed by atoms with van der Waals surface area (Å²) in [5.74, 6) is -0.239. The van der Waals surface area contributed by atoms with Gasteiger partial charge in [0.25, 0.3) is 5.91 Å². The Morgan fingerprint density at radius 3 is 2.62 bits per heavy atom. The molecule has 4 rings (SSSR count). The van der Waals surface area contributed by atoms with Crippen molar-refractivity contribution >= 4 is 51.8 Å². The lowest BCUT2D eigenvalue weighted by Crippen LogP contribution is -2.12. The molecule has 0 saturated heterocycles. The van der Waals surface area contributed by atoms with Crippen molar-refractivity contribution in [2.45, 2.75) is 13.3 Å². The fourth-order valence-electron chi connectivity index (χ4n) is 3.02. The van der Waals surface area contributed by atoms with Crippen molar-refractivity contribution in [2.24, 2.45) is 5.16 Å². The Morgan fingerprint density at radius 1 is 1.04 bits per heavy atom. The summed E-state index contributed by atoms with van der Waals surface area (Å²) < 4.78 is 0. The first kappa shape index (κ1) is 16.9. The molecule has 0 bridgehead atoms. The smallest absolute Gasteiger partial charge is 0.258 e. The molecular weight excluding hydrogens is 373 g/mol. The topological polar surface area (TPSA) is 62.7 Å². The van der Waals surface area contributed by atoms with Crippen molar-refractivity contribution in [3.05, 3.63) is 63.3 Å². The number of anilines is 2. The third kappa shape index (κ3) is 2.73. The number of hydrogen-bond acceptors (Lipinski definition) is 4. The minimum Gasteiger partial charge on any atom is -0.395 e. The summed E-state index contributed by atoms with van der Waals surface area (Å²) in [6.07, 6.45) is 0.842. The van der Waals surface area contributed by atoms with E-state index < -0.39 is 0 Å². The highest BCUT2D eigenvalue weighted by Crippen LogP contribution is 2.42. The number of hydrogen-bond donors (Lipinski definition) is 2. The van der Waals surface area contributed by atoms with E-state index in [9.17, 15) is 4.79 Å². The minimum atomic E-state index is -0.239. The van der Waals surface area contributed by atoms with Crippen molar-refractivity contribution < 1.29 is 9.63 Å². The lowest BCUT2D eigenvalue weighted by molar-refractivity contribution is -0.110. The van der Waals surface area contributed by atoms with Gasteiger partial charge in [0.15, 0.2) is 0 Å². The Labute approximate surface area is 160 Å². The third-order valence-corrected chi connectivity index (χ3v) is 4.91. The Kier molecular flexibility index (Phi) is 4.34. The zero-order valence-corrected chi connectivity index (χ0v) is 15.4. The quantitative estimate of drug-likeness (QED) is 0.446. The number of halogens is 2. The number of fused-ring (bicyclic) bond motifs is 2. The van der Waals surface area contributed by atoms with Crippen LogP contribution in [0, 0.1) is 0 Å². The Bertz CT molecular complexity index is 983. The first-order valence-corrected chi connectivity index (χ1v) is 8.97. The number of carbonyl (C=O) groups excluding carboxylic acids is 1. The molecule has 2 aliphatic rings. The van der Waals surface area contributed by atoms with Gasteiger partial charge in [-0.05, 0) is 24.6 Å². The molecule has 2 aromatic carbocycles. The molecule has 0 unspecified atom stereocenters. The predicted octanol–water partition coefficient (Wildman–Crippen LogP) is 4.91. The summed E-state index contributed by atoms with van der Waals surface area (Å²) in [5.41, 5.74) is 4.72. The summed E-state index contributed by atoms with van der Waals surface area (Å²) in [4.78, 5) is 18.1. The predicted molar refractivity (Wildman–Crippen MR) is 105 cm³/mol. The molecule has 0 fully saturated rings. The van der Waals surface area contributed by atoms with E-state index in [1.54, 1.807) is 12.1 Å². The van der Waals surface area contributed by atoms with Crippen LogP contribution in [0.1, 0.15) is 24.5 Å². The van der Waals surface area contributed by atoms with Crippen LogP contribution in [-0.4, -0.2) is 18.2 Å². The molecule has 2 aromatic rings. The Hall–Kier alpha value is -2.50. The molecule has 0 aliphatic carbocycles. The van der Waals surface area contributed by atoms with Crippen LogP contribution in [-0.2, 0) is 9.63 Å². The molecule has 26 heavy (non-hydrogen) atoms. The maximum absolute atomic E-state index is 12.7. The maximum Gasteiger partial charge on any atom is 0.258 e. The van der Waals surface area contributed by atoms with E-state index in [1.807, 2.05) is 31.2 Å². The summed E-state index contributed by atoms with van der Waals surface area (Å²) in [5, 5.41) is 11.2. The molecule has 0 aromatic heterocycles. The molecule has 132 valence electrons. The van der Waals surface area contributed by atoms with E-state index in [1.165, 1.54) is 0 Å². The van der Waals surface area contributed by atoms with Crippen molar-refractivity contribution in [3.63, 3.8) is 0 Å². The number of allylic oxidation sites excluding steroid dienone is 1. The van der Waals surface area contributed by atoms with Gasteiger partial charge < -0.3 is 15.5 Å².